The monoisotopic (exact) mass is 336 g/mol. The number of hydrogen-bond donors (Lipinski definition) is 3. The van der Waals surface area contributed by atoms with Crippen LogP contribution in [0.15, 0.2) is 27.8 Å². The second-order valence-corrected chi connectivity index (χ2v) is 6.63. The van der Waals surface area contributed by atoms with Crippen LogP contribution in [0.25, 0.3) is 0 Å². The van der Waals surface area contributed by atoms with Crippen LogP contribution in [0.3, 0.4) is 0 Å². The molecule has 1 aliphatic rings. The zero-order chi connectivity index (χ0) is 17.4. The van der Waals surface area contributed by atoms with Gasteiger partial charge in [0, 0.05) is 19.1 Å². The Morgan fingerprint density at radius 2 is 2.12 bits per heavy atom. The largest absolute Gasteiger partial charge is 0.466 e. The van der Waals surface area contributed by atoms with Crippen LogP contribution in [0, 0.1) is 0 Å². The smallest absolute Gasteiger partial charge is 0.191 e. The van der Waals surface area contributed by atoms with E-state index in [1.807, 2.05) is 6.92 Å². The fourth-order valence-corrected chi connectivity index (χ4v) is 3.09. The second kappa shape index (κ2) is 9.08. The van der Waals surface area contributed by atoms with E-state index in [0.717, 1.165) is 25.5 Å². The van der Waals surface area contributed by atoms with Crippen molar-refractivity contribution in [3.8, 4) is 0 Å². The van der Waals surface area contributed by atoms with Crippen LogP contribution in [0.4, 0.5) is 0 Å². The number of rotatable bonds is 8. The third kappa shape index (κ3) is 5.24. The van der Waals surface area contributed by atoms with Crippen molar-refractivity contribution in [2.24, 2.45) is 4.99 Å². The molecule has 0 aliphatic carbocycles. The quantitative estimate of drug-likeness (QED) is 0.500. The fraction of sp³-hybridized carbons (Fsp3) is 0.722. The van der Waals surface area contributed by atoms with E-state index in [0.29, 0.717) is 11.8 Å². The lowest BCUT2D eigenvalue weighted by Gasteiger charge is -2.27. The Hall–Kier alpha value is -1.53. The van der Waals surface area contributed by atoms with E-state index in [1.165, 1.54) is 25.9 Å². The third-order valence-corrected chi connectivity index (χ3v) is 4.57. The first kappa shape index (κ1) is 18.8. The van der Waals surface area contributed by atoms with Crippen LogP contribution < -0.4 is 10.6 Å². The molecular formula is C18H32N4O2. The Bertz CT molecular complexity index is 493. The zero-order valence-corrected chi connectivity index (χ0v) is 15.2. The molecule has 0 radical (unpaired) electrons. The van der Waals surface area contributed by atoms with E-state index in [9.17, 15) is 5.11 Å². The maximum atomic E-state index is 10.5. The highest BCUT2D eigenvalue weighted by molar-refractivity contribution is 5.79. The number of hydrogen-bond acceptors (Lipinski definition) is 4. The first-order valence-corrected chi connectivity index (χ1v) is 9.09. The Kier molecular flexibility index (Phi) is 7.12. The molecule has 1 aromatic heterocycles. The first-order valence-electron chi connectivity index (χ1n) is 9.09. The number of aliphatic hydroxyl groups is 1. The minimum Gasteiger partial charge on any atom is -0.466 e. The maximum Gasteiger partial charge on any atom is 0.191 e. The van der Waals surface area contributed by atoms with Crippen molar-refractivity contribution in [3.05, 3.63) is 24.2 Å². The molecule has 1 aromatic rings. The maximum absolute atomic E-state index is 10.5. The van der Waals surface area contributed by atoms with E-state index in [2.05, 4.69) is 27.4 Å². The van der Waals surface area contributed by atoms with E-state index < -0.39 is 5.60 Å². The minimum atomic E-state index is -1.11. The first-order chi connectivity index (χ1) is 11.6. The second-order valence-electron chi connectivity index (χ2n) is 6.63. The molecular weight excluding hydrogens is 304 g/mol. The molecule has 1 aliphatic heterocycles. The number of nitrogens with one attached hydrogen (secondary N) is 2. The van der Waals surface area contributed by atoms with E-state index in [4.69, 9.17) is 4.42 Å². The molecule has 2 rings (SSSR count). The highest BCUT2D eigenvalue weighted by Gasteiger charge is 2.26. The number of guanidine groups is 1. The Morgan fingerprint density at radius 1 is 1.38 bits per heavy atom. The van der Waals surface area contributed by atoms with Crippen molar-refractivity contribution in [1.29, 1.82) is 0 Å². The third-order valence-electron chi connectivity index (χ3n) is 4.57. The van der Waals surface area contributed by atoms with E-state index >= 15 is 0 Å². The SMILES string of the molecule is CCNC(=NCC(C)(O)c1ccco1)NCC(CC)N1CCCC1. The molecule has 1 fully saturated rings. The van der Waals surface area contributed by atoms with Gasteiger partial charge in [0.05, 0.1) is 12.8 Å². The standard InChI is InChI=1S/C18H32N4O2/c1-4-15(22-10-6-7-11-22)13-20-17(19-5-2)21-14-18(3,23)16-9-8-12-24-16/h8-9,12,15,23H,4-7,10-11,13-14H2,1-3H3,(H2,19,20,21). The average molecular weight is 336 g/mol. The van der Waals surface area contributed by atoms with Gasteiger partial charge in [0.15, 0.2) is 5.96 Å². The van der Waals surface area contributed by atoms with Crippen molar-refractivity contribution in [1.82, 2.24) is 15.5 Å². The summed E-state index contributed by atoms with van der Waals surface area (Å²) in [4.78, 5) is 7.09. The van der Waals surface area contributed by atoms with Crippen LogP contribution in [-0.4, -0.2) is 54.7 Å². The predicted molar refractivity (Wildman–Crippen MR) is 97.1 cm³/mol. The number of aliphatic imine (C=N–C) groups is 1. The van der Waals surface area contributed by atoms with Gasteiger partial charge in [0.2, 0.25) is 0 Å². The molecule has 2 heterocycles. The van der Waals surface area contributed by atoms with Gasteiger partial charge in [-0.15, -0.1) is 0 Å². The molecule has 1 saturated heterocycles. The van der Waals surface area contributed by atoms with Crippen molar-refractivity contribution in [3.63, 3.8) is 0 Å². The number of likely N-dealkylation sites (tertiary alicyclic amines) is 1. The van der Waals surface area contributed by atoms with Gasteiger partial charge in [0.25, 0.3) is 0 Å². The summed E-state index contributed by atoms with van der Waals surface area (Å²) in [5.74, 6) is 1.27. The molecule has 0 saturated carbocycles. The van der Waals surface area contributed by atoms with Crippen LogP contribution in [0.5, 0.6) is 0 Å². The highest BCUT2D eigenvalue weighted by atomic mass is 16.4. The molecule has 0 amide bonds. The summed E-state index contributed by atoms with van der Waals surface area (Å²) in [5, 5.41) is 17.2. The Labute approximate surface area is 145 Å². The predicted octanol–water partition coefficient (Wildman–Crippen LogP) is 1.92. The average Bonchev–Trinajstić information content (AvgIpc) is 3.26. The Morgan fingerprint density at radius 3 is 2.71 bits per heavy atom. The van der Waals surface area contributed by atoms with Gasteiger partial charge in [-0.05, 0) is 58.3 Å². The molecule has 6 heteroatoms. The molecule has 0 bridgehead atoms. The van der Waals surface area contributed by atoms with Gasteiger partial charge in [0.1, 0.15) is 11.4 Å². The summed E-state index contributed by atoms with van der Waals surface area (Å²) >= 11 is 0. The number of furan rings is 1. The molecule has 6 nitrogen and oxygen atoms in total. The van der Waals surface area contributed by atoms with Crippen molar-refractivity contribution >= 4 is 5.96 Å². The molecule has 0 aromatic carbocycles. The summed E-state index contributed by atoms with van der Waals surface area (Å²) < 4.78 is 5.31. The normalized spacial score (nSPS) is 19.9. The summed E-state index contributed by atoms with van der Waals surface area (Å²) in [7, 11) is 0. The molecule has 136 valence electrons. The van der Waals surface area contributed by atoms with Crippen LogP contribution in [0.2, 0.25) is 0 Å². The topological polar surface area (TPSA) is 73.0 Å². The summed E-state index contributed by atoms with van der Waals surface area (Å²) in [5.41, 5.74) is -1.11. The summed E-state index contributed by atoms with van der Waals surface area (Å²) in [6.07, 6.45) is 5.29. The molecule has 2 atom stereocenters. The summed E-state index contributed by atoms with van der Waals surface area (Å²) in [6, 6.07) is 4.08. The van der Waals surface area contributed by atoms with Gasteiger partial charge in [-0.2, -0.15) is 0 Å². The van der Waals surface area contributed by atoms with Gasteiger partial charge in [-0.25, -0.2) is 4.99 Å². The highest BCUT2D eigenvalue weighted by Crippen LogP contribution is 2.21. The number of nitrogens with zero attached hydrogens (tertiary/aromatic N) is 2. The van der Waals surface area contributed by atoms with Crippen LogP contribution >= 0.6 is 0 Å². The fourth-order valence-electron chi connectivity index (χ4n) is 3.09. The van der Waals surface area contributed by atoms with Crippen LogP contribution in [-0.2, 0) is 5.60 Å². The van der Waals surface area contributed by atoms with Crippen molar-refractivity contribution in [2.45, 2.75) is 51.7 Å². The molecule has 3 N–H and O–H groups in total. The van der Waals surface area contributed by atoms with Gasteiger partial charge in [-0.3, -0.25) is 4.90 Å². The lowest BCUT2D eigenvalue weighted by atomic mass is 10.0. The Balaban J connectivity index is 1.92. The van der Waals surface area contributed by atoms with E-state index in [-0.39, 0.29) is 6.54 Å². The van der Waals surface area contributed by atoms with Gasteiger partial charge < -0.3 is 20.2 Å². The summed E-state index contributed by atoms with van der Waals surface area (Å²) in [6.45, 7) is 10.3. The molecule has 0 spiro atoms. The van der Waals surface area contributed by atoms with Crippen LogP contribution in [0.1, 0.15) is 45.8 Å². The molecule has 24 heavy (non-hydrogen) atoms. The van der Waals surface area contributed by atoms with Crippen molar-refractivity contribution in [2.75, 3.05) is 32.7 Å². The lowest BCUT2D eigenvalue weighted by Crippen LogP contribution is -2.46. The van der Waals surface area contributed by atoms with Gasteiger partial charge in [-0.1, -0.05) is 6.92 Å². The van der Waals surface area contributed by atoms with Gasteiger partial charge >= 0.3 is 0 Å². The minimum absolute atomic E-state index is 0.246. The zero-order valence-electron chi connectivity index (χ0n) is 15.2. The van der Waals surface area contributed by atoms with E-state index in [1.54, 1.807) is 25.3 Å². The van der Waals surface area contributed by atoms with Crippen molar-refractivity contribution < 1.29 is 9.52 Å². The lowest BCUT2D eigenvalue weighted by molar-refractivity contribution is 0.0437. The molecule has 2 unspecified atom stereocenters.